The Hall–Kier alpha value is -1.79. The van der Waals surface area contributed by atoms with Gasteiger partial charge in [-0.05, 0) is 27.7 Å². The Labute approximate surface area is 101 Å². The van der Waals surface area contributed by atoms with Crippen molar-refractivity contribution in [1.29, 1.82) is 0 Å². The minimum Gasteiger partial charge on any atom is -0.453 e. The van der Waals surface area contributed by atoms with Gasteiger partial charge in [0.15, 0.2) is 0 Å². The number of amides is 2. The number of guanidine groups is 1. The van der Waals surface area contributed by atoms with E-state index in [1.54, 1.807) is 27.7 Å². The van der Waals surface area contributed by atoms with Crippen LogP contribution in [-0.4, -0.2) is 37.4 Å². The normalized spacial score (nSPS) is 11.7. The highest BCUT2D eigenvalue weighted by atomic mass is 16.6. The van der Waals surface area contributed by atoms with E-state index < -0.39 is 17.8 Å². The lowest BCUT2D eigenvalue weighted by Crippen LogP contribution is -2.45. The topological polar surface area (TPSA) is 89.0 Å². The predicted molar refractivity (Wildman–Crippen MR) is 62.9 cm³/mol. The summed E-state index contributed by atoms with van der Waals surface area (Å²) in [6.45, 7) is 7.36. The molecule has 0 heterocycles. The number of aliphatic imine (C=N–C) groups is 1. The largest absolute Gasteiger partial charge is 0.453 e. The molecule has 0 aromatic rings. The van der Waals surface area contributed by atoms with Crippen molar-refractivity contribution in [2.45, 2.75) is 33.3 Å². The molecule has 0 radical (unpaired) electrons. The zero-order valence-electron chi connectivity index (χ0n) is 10.8. The fourth-order valence-electron chi connectivity index (χ4n) is 0.816. The molecular formula is C10H19N3O4. The molecule has 2 N–H and O–H groups in total. The molecule has 0 atom stereocenters. The summed E-state index contributed by atoms with van der Waals surface area (Å²) in [5, 5.41) is 4.58. The van der Waals surface area contributed by atoms with E-state index in [4.69, 9.17) is 4.74 Å². The molecule has 0 saturated carbocycles. The van der Waals surface area contributed by atoms with Crippen LogP contribution in [0.4, 0.5) is 9.59 Å². The second-order valence-electron chi connectivity index (χ2n) is 4.07. The molecule has 0 aromatic heterocycles. The molecule has 7 heteroatoms. The first-order chi connectivity index (χ1) is 7.78. The van der Waals surface area contributed by atoms with Gasteiger partial charge in [0, 0.05) is 6.54 Å². The van der Waals surface area contributed by atoms with Crippen molar-refractivity contribution in [1.82, 2.24) is 10.6 Å². The zero-order chi connectivity index (χ0) is 13.5. The average molecular weight is 245 g/mol. The summed E-state index contributed by atoms with van der Waals surface area (Å²) in [5.41, 5.74) is -0.618. The highest BCUT2D eigenvalue weighted by Crippen LogP contribution is 2.06. The summed E-state index contributed by atoms with van der Waals surface area (Å²) in [6.07, 6.45) is -1.41. The number of nitrogens with one attached hydrogen (secondary N) is 2. The van der Waals surface area contributed by atoms with E-state index in [0.717, 1.165) is 0 Å². The molecule has 0 aromatic carbocycles. The third-order valence-electron chi connectivity index (χ3n) is 1.34. The summed E-state index contributed by atoms with van der Waals surface area (Å²) >= 11 is 0. The van der Waals surface area contributed by atoms with Crippen LogP contribution in [0.15, 0.2) is 4.99 Å². The van der Waals surface area contributed by atoms with Crippen LogP contribution in [0.1, 0.15) is 27.7 Å². The predicted octanol–water partition coefficient (Wildman–Crippen LogP) is 1.24. The van der Waals surface area contributed by atoms with Gasteiger partial charge in [-0.1, -0.05) is 0 Å². The zero-order valence-corrected chi connectivity index (χ0v) is 10.8. The van der Waals surface area contributed by atoms with Crippen LogP contribution in [0.3, 0.4) is 0 Å². The second kappa shape index (κ2) is 6.72. The standard InChI is InChI=1S/C10H19N3O4/c1-6-11-7(12-8(14)16-5)13-9(15)17-10(2,3)4/h6H2,1-5H3,(H2,11,12,13,14,15). The van der Waals surface area contributed by atoms with Crippen LogP contribution in [0.5, 0.6) is 0 Å². The second-order valence-corrected chi connectivity index (χ2v) is 4.07. The lowest BCUT2D eigenvalue weighted by molar-refractivity contribution is 0.0561. The van der Waals surface area contributed by atoms with Gasteiger partial charge in [-0.15, -0.1) is 0 Å². The lowest BCUT2D eigenvalue weighted by Gasteiger charge is -2.20. The molecule has 0 spiro atoms. The Balaban J connectivity index is 4.41. The number of hydrogen-bond acceptors (Lipinski definition) is 5. The molecule has 0 aliphatic rings. The molecule has 0 aliphatic carbocycles. The van der Waals surface area contributed by atoms with Gasteiger partial charge in [0.2, 0.25) is 5.96 Å². The molecular weight excluding hydrogens is 226 g/mol. The summed E-state index contributed by atoms with van der Waals surface area (Å²) < 4.78 is 9.39. The first-order valence-electron chi connectivity index (χ1n) is 5.18. The molecule has 0 aliphatic heterocycles. The SMILES string of the molecule is CCN=C(NC(=O)OC)NC(=O)OC(C)(C)C. The molecule has 2 amide bonds. The number of methoxy groups -OCH3 is 1. The maximum absolute atomic E-state index is 11.4. The summed E-state index contributed by atoms with van der Waals surface area (Å²) in [5.74, 6) is -0.00593. The minimum absolute atomic E-state index is 0.00593. The van der Waals surface area contributed by atoms with Gasteiger partial charge in [-0.2, -0.15) is 0 Å². The van der Waals surface area contributed by atoms with E-state index >= 15 is 0 Å². The van der Waals surface area contributed by atoms with Gasteiger partial charge >= 0.3 is 12.2 Å². The quantitative estimate of drug-likeness (QED) is 0.537. The van der Waals surface area contributed by atoms with Crippen LogP contribution in [0.25, 0.3) is 0 Å². The van der Waals surface area contributed by atoms with Gasteiger partial charge in [-0.3, -0.25) is 15.6 Å². The maximum atomic E-state index is 11.4. The van der Waals surface area contributed by atoms with Crippen molar-refractivity contribution >= 4 is 18.1 Å². The van der Waals surface area contributed by atoms with E-state index in [0.29, 0.717) is 6.54 Å². The first-order valence-corrected chi connectivity index (χ1v) is 5.18. The average Bonchev–Trinajstić information content (AvgIpc) is 2.14. The number of rotatable bonds is 1. The number of carbonyl (C=O) groups excluding carboxylic acids is 2. The van der Waals surface area contributed by atoms with Gasteiger partial charge < -0.3 is 9.47 Å². The van der Waals surface area contributed by atoms with E-state index in [9.17, 15) is 9.59 Å². The highest BCUT2D eigenvalue weighted by Gasteiger charge is 2.18. The number of nitrogens with zero attached hydrogens (tertiary/aromatic N) is 1. The van der Waals surface area contributed by atoms with Crippen LogP contribution in [0, 0.1) is 0 Å². The fourth-order valence-corrected chi connectivity index (χ4v) is 0.816. The highest BCUT2D eigenvalue weighted by molar-refractivity contribution is 6.01. The van der Waals surface area contributed by atoms with Crippen molar-refractivity contribution in [3.05, 3.63) is 0 Å². The molecule has 0 bridgehead atoms. The molecule has 0 saturated heterocycles. The number of hydrogen-bond donors (Lipinski definition) is 2. The van der Waals surface area contributed by atoms with Gasteiger partial charge in [0.25, 0.3) is 0 Å². The summed E-state index contributed by atoms with van der Waals surface area (Å²) in [4.78, 5) is 26.2. The summed E-state index contributed by atoms with van der Waals surface area (Å²) in [7, 11) is 1.21. The molecule has 17 heavy (non-hydrogen) atoms. The lowest BCUT2D eigenvalue weighted by atomic mass is 10.2. The Morgan fingerprint density at radius 1 is 1.18 bits per heavy atom. The number of carbonyl (C=O) groups is 2. The van der Waals surface area contributed by atoms with Crippen LogP contribution >= 0.6 is 0 Å². The fraction of sp³-hybridized carbons (Fsp3) is 0.700. The van der Waals surface area contributed by atoms with Crippen molar-refractivity contribution < 1.29 is 19.1 Å². The Kier molecular flexibility index (Phi) is 6.01. The van der Waals surface area contributed by atoms with Gasteiger partial charge in [-0.25, -0.2) is 9.59 Å². The van der Waals surface area contributed by atoms with Crippen molar-refractivity contribution in [2.24, 2.45) is 4.99 Å². The van der Waals surface area contributed by atoms with E-state index in [2.05, 4.69) is 20.4 Å². The Morgan fingerprint density at radius 3 is 2.12 bits per heavy atom. The van der Waals surface area contributed by atoms with Gasteiger partial charge in [0.05, 0.1) is 7.11 Å². The smallest absolute Gasteiger partial charge is 0.414 e. The Morgan fingerprint density at radius 2 is 1.71 bits per heavy atom. The van der Waals surface area contributed by atoms with Crippen LogP contribution in [0.2, 0.25) is 0 Å². The Bertz CT molecular complexity index is 307. The van der Waals surface area contributed by atoms with Crippen molar-refractivity contribution in [3.63, 3.8) is 0 Å². The number of alkyl carbamates (subject to hydrolysis) is 2. The third-order valence-corrected chi connectivity index (χ3v) is 1.34. The number of ether oxygens (including phenoxy) is 2. The molecule has 98 valence electrons. The van der Waals surface area contributed by atoms with Gasteiger partial charge in [0.1, 0.15) is 5.60 Å². The van der Waals surface area contributed by atoms with Crippen LogP contribution in [-0.2, 0) is 9.47 Å². The van der Waals surface area contributed by atoms with Crippen molar-refractivity contribution in [2.75, 3.05) is 13.7 Å². The van der Waals surface area contributed by atoms with E-state index in [1.165, 1.54) is 7.11 Å². The van der Waals surface area contributed by atoms with E-state index in [1.807, 2.05) is 0 Å². The molecule has 0 rings (SSSR count). The summed E-state index contributed by atoms with van der Waals surface area (Å²) in [6, 6.07) is 0. The maximum Gasteiger partial charge on any atom is 0.414 e. The first kappa shape index (κ1) is 15.2. The monoisotopic (exact) mass is 245 g/mol. The molecule has 7 nitrogen and oxygen atoms in total. The van der Waals surface area contributed by atoms with E-state index in [-0.39, 0.29) is 5.96 Å². The molecule has 0 unspecified atom stereocenters. The van der Waals surface area contributed by atoms with Crippen molar-refractivity contribution in [3.8, 4) is 0 Å². The minimum atomic E-state index is -0.715. The third kappa shape index (κ3) is 8.06. The van der Waals surface area contributed by atoms with Crippen LogP contribution < -0.4 is 10.6 Å². The molecule has 0 fully saturated rings.